The second kappa shape index (κ2) is 10.0. The van der Waals surface area contributed by atoms with Gasteiger partial charge in [0.15, 0.2) is 0 Å². The Kier molecular flexibility index (Phi) is 6.82. The molecule has 2 aromatic rings. The number of amides is 1. The largest absolute Gasteiger partial charge is 0.469 e. The van der Waals surface area contributed by atoms with Gasteiger partial charge in [0.25, 0.3) is 0 Å². The smallest absolute Gasteiger partial charge is 0.423 e. The molecule has 0 radical (unpaired) electrons. The molecular formula is C23H28F3N7O3. The SMILES string of the molecule is CCC(=O)N1CCc2c(ncnc2N2CCC[C@@H](Nc3ncc(C(F)(F)F)c(OC4COC4)n3)C2)C1. The number of rotatable bonds is 6. The molecule has 0 aromatic carbocycles. The van der Waals surface area contributed by atoms with Gasteiger partial charge in [0.2, 0.25) is 17.7 Å². The highest BCUT2D eigenvalue weighted by molar-refractivity contribution is 5.76. The third-order valence-corrected chi connectivity index (χ3v) is 6.64. The summed E-state index contributed by atoms with van der Waals surface area (Å²) in [5.74, 6) is 0.547. The minimum atomic E-state index is -4.62. The monoisotopic (exact) mass is 507 g/mol. The topological polar surface area (TPSA) is 106 Å². The molecule has 1 atom stereocenters. The van der Waals surface area contributed by atoms with E-state index in [0.717, 1.165) is 42.7 Å². The number of fused-ring (bicyclic) bond motifs is 1. The van der Waals surface area contributed by atoms with E-state index >= 15 is 0 Å². The summed E-state index contributed by atoms with van der Waals surface area (Å²) in [5, 5.41) is 3.18. The molecule has 0 saturated carbocycles. The van der Waals surface area contributed by atoms with Gasteiger partial charge in [-0.2, -0.15) is 18.2 Å². The Morgan fingerprint density at radius 1 is 1.25 bits per heavy atom. The third-order valence-electron chi connectivity index (χ3n) is 6.64. The number of carbonyl (C=O) groups excluding carboxylic acids is 1. The van der Waals surface area contributed by atoms with Crippen LogP contribution < -0.4 is 15.0 Å². The predicted octanol–water partition coefficient (Wildman–Crippen LogP) is 2.44. The van der Waals surface area contributed by atoms with Crippen LogP contribution in [0.3, 0.4) is 0 Å². The number of anilines is 2. The van der Waals surface area contributed by atoms with E-state index in [-0.39, 0.29) is 31.1 Å². The van der Waals surface area contributed by atoms with Gasteiger partial charge in [-0.15, -0.1) is 0 Å². The molecule has 10 nitrogen and oxygen atoms in total. The van der Waals surface area contributed by atoms with Crippen LogP contribution in [0.25, 0.3) is 0 Å². The highest BCUT2D eigenvalue weighted by atomic mass is 19.4. The van der Waals surface area contributed by atoms with Crippen LogP contribution in [0.4, 0.5) is 24.9 Å². The molecule has 1 N–H and O–H groups in total. The molecule has 2 fully saturated rings. The van der Waals surface area contributed by atoms with Crippen molar-refractivity contribution in [3.8, 4) is 5.88 Å². The van der Waals surface area contributed by atoms with E-state index in [4.69, 9.17) is 9.47 Å². The summed E-state index contributed by atoms with van der Waals surface area (Å²) in [6.45, 7) is 4.79. The molecular weight excluding hydrogens is 479 g/mol. The van der Waals surface area contributed by atoms with E-state index in [1.807, 2.05) is 11.8 Å². The number of hydrogen-bond donors (Lipinski definition) is 1. The molecule has 3 aliphatic heterocycles. The number of piperidine rings is 1. The molecule has 36 heavy (non-hydrogen) atoms. The van der Waals surface area contributed by atoms with Gasteiger partial charge in [0.1, 0.15) is 23.8 Å². The zero-order valence-electron chi connectivity index (χ0n) is 19.9. The van der Waals surface area contributed by atoms with Gasteiger partial charge in [0, 0.05) is 43.9 Å². The van der Waals surface area contributed by atoms with E-state index in [9.17, 15) is 18.0 Å². The van der Waals surface area contributed by atoms with Gasteiger partial charge in [-0.25, -0.2) is 15.0 Å². The van der Waals surface area contributed by atoms with Crippen LogP contribution in [0.15, 0.2) is 12.5 Å². The molecule has 1 amide bonds. The van der Waals surface area contributed by atoms with E-state index in [0.29, 0.717) is 32.5 Å². The van der Waals surface area contributed by atoms with Crippen LogP contribution in [0, 0.1) is 0 Å². The molecule has 5 heterocycles. The minimum Gasteiger partial charge on any atom is -0.469 e. The number of carbonyl (C=O) groups is 1. The van der Waals surface area contributed by atoms with Crippen LogP contribution in [-0.2, 0) is 28.7 Å². The standard InChI is InChI=1S/C23H28F3N7O3/c1-2-19(34)32-7-5-16-18(10-32)28-13-29-20(16)33-6-3-4-14(9-33)30-22-27-8-17(23(24,25)26)21(31-22)36-15-11-35-12-15/h8,13-15H,2-7,9-12H2,1H3,(H,27,30,31)/t14-/m1/s1. The van der Waals surface area contributed by atoms with Gasteiger partial charge in [-0.1, -0.05) is 6.92 Å². The summed E-state index contributed by atoms with van der Waals surface area (Å²) >= 11 is 0. The molecule has 13 heteroatoms. The van der Waals surface area contributed by atoms with Gasteiger partial charge in [0.05, 0.1) is 25.5 Å². The Morgan fingerprint density at radius 3 is 2.81 bits per heavy atom. The van der Waals surface area contributed by atoms with Crippen molar-refractivity contribution in [2.75, 3.05) is 43.1 Å². The second-order valence-electron chi connectivity index (χ2n) is 9.16. The summed E-state index contributed by atoms with van der Waals surface area (Å²) in [7, 11) is 0. The fraction of sp³-hybridized carbons (Fsp3) is 0.609. The number of nitrogens with one attached hydrogen (secondary N) is 1. The summed E-state index contributed by atoms with van der Waals surface area (Å²) in [4.78, 5) is 33.0. The number of aromatic nitrogens is 4. The van der Waals surface area contributed by atoms with Crippen LogP contribution in [0.5, 0.6) is 5.88 Å². The normalized spacial score (nSPS) is 20.5. The Morgan fingerprint density at radius 2 is 2.08 bits per heavy atom. The van der Waals surface area contributed by atoms with Crippen molar-refractivity contribution in [2.45, 2.75) is 57.5 Å². The van der Waals surface area contributed by atoms with Crippen LogP contribution in [-0.4, -0.2) is 75.7 Å². The zero-order valence-corrected chi connectivity index (χ0v) is 19.9. The summed E-state index contributed by atoms with van der Waals surface area (Å²) < 4.78 is 50.7. The van der Waals surface area contributed by atoms with Gasteiger partial charge >= 0.3 is 6.18 Å². The Balaban J connectivity index is 1.30. The van der Waals surface area contributed by atoms with Crippen molar-refractivity contribution in [1.82, 2.24) is 24.8 Å². The summed E-state index contributed by atoms with van der Waals surface area (Å²) in [6, 6.07) is -0.0947. The summed E-state index contributed by atoms with van der Waals surface area (Å²) in [5.41, 5.74) is 0.895. The van der Waals surface area contributed by atoms with Crippen molar-refractivity contribution in [3.05, 3.63) is 29.3 Å². The van der Waals surface area contributed by atoms with Gasteiger partial charge in [-0.3, -0.25) is 4.79 Å². The second-order valence-corrected chi connectivity index (χ2v) is 9.16. The third kappa shape index (κ3) is 5.15. The van der Waals surface area contributed by atoms with Gasteiger partial charge in [-0.05, 0) is 19.3 Å². The first-order chi connectivity index (χ1) is 17.3. The van der Waals surface area contributed by atoms with Crippen molar-refractivity contribution < 1.29 is 27.4 Å². The molecule has 0 spiro atoms. The average molecular weight is 508 g/mol. The maximum absolute atomic E-state index is 13.4. The molecule has 3 aliphatic rings. The maximum Gasteiger partial charge on any atom is 0.423 e. The molecule has 194 valence electrons. The Hall–Kier alpha value is -3.22. The molecule has 0 aliphatic carbocycles. The number of nitrogens with zero attached hydrogens (tertiary/aromatic N) is 6. The first-order valence-electron chi connectivity index (χ1n) is 12.1. The lowest BCUT2D eigenvalue weighted by Crippen LogP contribution is -2.44. The predicted molar refractivity (Wildman–Crippen MR) is 123 cm³/mol. The van der Waals surface area contributed by atoms with E-state index in [1.165, 1.54) is 6.33 Å². The van der Waals surface area contributed by atoms with E-state index in [1.54, 1.807) is 0 Å². The lowest BCUT2D eigenvalue weighted by atomic mass is 10.0. The molecule has 0 unspecified atom stereocenters. The van der Waals surface area contributed by atoms with Crippen molar-refractivity contribution in [1.29, 1.82) is 0 Å². The average Bonchev–Trinajstić information content (AvgIpc) is 2.84. The Labute approximate surface area is 206 Å². The van der Waals surface area contributed by atoms with E-state index in [2.05, 4.69) is 30.2 Å². The molecule has 2 saturated heterocycles. The molecule has 5 rings (SSSR count). The lowest BCUT2D eigenvalue weighted by molar-refractivity contribution is -0.142. The fourth-order valence-corrected chi connectivity index (χ4v) is 4.68. The maximum atomic E-state index is 13.4. The molecule has 0 bridgehead atoms. The minimum absolute atomic E-state index is 0.0866. The van der Waals surface area contributed by atoms with Crippen molar-refractivity contribution in [3.63, 3.8) is 0 Å². The first kappa shape index (κ1) is 24.5. The number of ether oxygens (including phenoxy) is 2. The van der Waals surface area contributed by atoms with Crippen LogP contribution >= 0.6 is 0 Å². The number of alkyl halides is 3. The fourth-order valence-electron chi connectivity index (χ4n) is 4.68. The number of hydrogen-bond acceptors (Lipinski definition) is 9. The quantitative estimate of drug-likeness (QED) is 0.631. The van der Waals surface area contributed by atoms with Crippen LogP contribution in [0.2, 0.25) is 0 Å². The van der Waals surface area contributed by atoms with Crippen molar-refractivity contribution >= 4 is 17.7 Å². The van der Waals surface area contributed by atoms with Crippen molar-refractivity contribution in [2.24, 2.45) is 0 Å². The number of halogens is 3. The lowest BCUT2D eigenvalue weighted by Gasteiger charge is -2.37. The highest BCUT2D eigenvalue weighted by Gasteiger charge is 2.38. The molecule has 2 aromatic heterocycles. The Bertz CT molecular complexity index is 1110. The first-order valence-corrected chi connectivity index (χ1v) is 12.1. The summed E-state index contributed by atoms with van der Waals surface area (Å²) in [6.07, 6.45) is 0.0156. The highest BCUT2D eigenvalue weighted by Crippen LogP contribution is 2.36. The van der Waals surface area contributed by atoms with Gasteiger partial charge < -0.3 is 24.6 Å². The van der Waals surface area contributed by atoms with Crippen LogP contribution in [0.1, 0.15) is 43.0 Å². The zero-order chi connectivity index (χ0) is 25.3. The van der Waals surface area contributed by atoms with E-state index < -0.39 is 23.7 Å².